The summed E-state index contributed by atoms with van der Waals surface area (Å²) in [7, 11) is 0. The van der Waals surface area contributed by atoms with Crippen LogP contribution in [0.15, 0.2) is 6.20 Å². The largest absolute Gasteiger partial charge is 0.396 e. The van der Waals surface area contributed by atoms with E-state index < -0.39 is 0 Å². The van der Waals surface area contributed by atoms with Crippen LogP contribution < -0.4 is 0 Å². The third-order valence-electron chi connectivity index (χ3n) is 4.22. The van der Waals surface area contributed by atoms with E-state index in [0.29, 0.717) is 18.6 Å². The first-order valence-corrected chi connectivity index (χ1v) is 7.12. The highest BCUT2D eigenvalue weighted by Crippen LogP contribution is 2.24. The lowest BCUT2D eigenvalue weighted by Crippen LogP contribution is -2.26. The first-order valence-electron chi connectivity index (χ1n) is 7.12. The Hall–Kier alpha value is -0.870. The minimum Gasteiger partial charge on any atom is -0.396 e. The van der Waals surface area contributed by atoms with Gasteiger partial charge in [0, 0.05) is 38.1 Å². The molecule has 2 unspecified atom stereocenters. The summed E-state index contributed by atoms with van der Waals surface area (Å²) in [6.45, 7) is 2.21. The van der Waals surface area contributed by atoms with Gasteiger partial charge in [-0.25, -0.2) is 4.98 Å². The summed E-state index contributed by atoms with van der Waals surface area (Å²) in [5.74, 6) is 1.60. The van der Waals surface area contributed by atoms with Crippen molar-refractivity contribution in [3.63, 3.8) is 0 Å². The van der Waals surface area contributed by atoms with E-state index in [0.717, 1.165) is 32.4 Å². The summed E-state index contributed by atoms with van der Waals surface area (Å²) in [6.07, 6.45) is 8.98. The fourth-order valence-electron chi connectivity index (χ4n) is 3.09. The zero-order valence-electron chi connectivity index (χ0n) is 10.8. The lowest BCUT2D eigenvalue weighted by atomic mass is 9.97. The van der Waals surface area contributed by atoms with Gasteiger partial charge in [0.25, 0.3) is 0 Å². The maximum atomic E-state index is 9.23. The monoisotopic (exact) mass is 250 g/mol. The van der Waals surface area contributed by atoms with E-state index in [1.54, 1.807) is 0 Å². The van der Waals surface area contributed by atoms with E-state index in [9.17, 15) is 5.11 Å². The van der Waals surface area contributed by atoms with E-state index >= 15 is 0 Å². The molecule has 0 bridgehead atoms. The van der Waals surface area contributed by atoms with Crippen LogP contribution in [0.5, 0.6) is 0 Å². The second-order valence-electron chi connectivity index (χ2n) is 5.55. The van der Waals surface area contributed by atoms with Gasteiger partial charge in [-0.2, -0.15) is 0 Å². The third kappa shape index (κ3) is 2.45. The quantitative estimate of drug-likeness (QED) is 0.885. The lowest BCUT2D eigenvalue weighted by molar-refractivity contribution is 0.0150. The summed E-state index contributed by atoms with van der Waals surface area (Å²) in [5.41, 5.74) is 1.28. The van der Waals surface area contributed by atoms with Crippen molar-refractivity contribution in [1.82, 2.24) is 9.55 Å². The van der Waals surface area contributed by atoms with Crippen molar-refractivity contribution in [2.75, 3.05) is 13.2 Å². The third-order valence-corrected chi connectivity index (χ3v) is 4.22. The maximum absolute atomic E-state index is 9.23. The lowest BCUT2D eigenvalue weighted by Gasteiger charge is -2.26. The van der Waals surface area contributed by atoms with E-state index in [-0.39, 0.29) is 0 Å². The van der Waals surface area contributed by atoms with Crippen molar-refractivity contribution in [2.45, 2.75) is 51.2 Å². The first-order chi connectivity index (χ1) is 8.86. The summed E-state index contributed by atoms with van der Waals surface area (Å²) < 4.78 is 8.13. The van der Waals surface area contributed by atoms with Gasteiger partial charge in [0.2, 0.25) is 0 Å². The molecule has 0 aliphatic carbocycles. The molecule has 2 aliphatic rings. The predicted molar refractivity (Wildman–Crippen MR) is 68.4 cm³/mol. The average molecular weight is 250 g/mol. The molecule has 100 valence electrons. The molecule has 2 aliphatic heterocycles. The molecule has 3 rings (SSSR count). The van der Waals surface area contributed by atoms with Gasteiger partial charge >= 0.3 is 0 Å². The molecular weight excluding hydrogens is 228 g/mol. The number of hydrogen-bond acceptors (Lipinski definition) is 3. The molecular formula is C14H22N2O2. The topological polar surface area (TPSA) is 47.3 Å². The van der Waals surface area contributed by atoms with Crippen molar-refractivity contribution >= 4 is 0 Å². The predicted octanol–water partition coefficient (Wildman–Crippen LogP) is 1.55. The van der Waals surface area contributed by atoms with Crippen LogP contribution in [-0.4, -0.2) is 34.0 Å². The van der Waals surface area contributed by atoms with Gasteiger partial charge in [0.1, 0.15) is 5.82 Å². The SMILES string of the molecule is OCC1CCn2c(cnc2CC2CCCCO2)C1. The van der Waals surface area contributed by atoms with Crippen LogP contribution >= 0.6 is 0 Å². The summed E-state index contributed by atoms with van der Waals surface area (Å²) >= 11 is 0. The van der Waals surface area contributed by atoms with E-state index in [2.05, 4.69) is 9.55 Å². The van der Waals surface area contributed by atoms with Crippen molar-refractivity contribution in [2.24, 2.45) is 5.92 Å². The molecule has 4 nitrogen and oxygen atoms in total. The number of aliphatic hydroxyl groups is 1. The molecule has 3 heterocycles. The normalized spacial score (nSPS) is 28.1. The second-order valence-corrected chi connectivity index (χ2v) is 5.55. The highest BCUT2D eigenvalue weighted by atomic mass is 16.5. The van der Waals surface area contributed by atoms with Crippen molar-refractivity contribution in [3.05, 3.63) is 17.7 Å². The fraction of sp³-hybridized carbons (Fsp3) is 0.786. The molecule has 1 fully saturated rings. The molecule has 1 aromatic heterocycles. The highest BCUT2D eigenvalue weighted by molar-refractivity contribution is 5.10. The van der Waals surface area contributed by atoms with Crippen LogP contribution in [0.2, 0.25) is 0 Å². The Bertz CT molecular complexity index is 396. The molecule has 0 spiro atoms. The molecule has 1 aromatic rings. The van der Waals surface area contributed by atoms with E-state index in [1.165, 1.54) is 30.8 Å². The molecule has 2 atom stereocenters. The minimum atomic E-state index is 0.298. The molecule has 0 amide bonds. The average Bonchev–Trinajstić information content (AvgIpc) is 2.82. The van der Waals surface area contributed by atoms with Gasteiger partial charge < -0.3 is 14.4 Å². The van der Waals surface area contributed by atoms with Crippen LogP contribution in [0.25, 0.3) is 0 Å². The first kappa shape index (κ1) is 12.2. The smallest absolute Gasteiger partial charge is 0.111 e. The van der Waals surface area contributed by atoms with Gasteiger partial charge in [-0.3, -0.25) is 0 Å². The Kier molecular flexibility index (Phi) is 3.66. The fourth-order valence-corrected chi connectivity index (χ4v) is 3.09. The van der Waals surface area contributed by atoms with E-state index in [1.807, 2.05) is 6.20 Å². The van der Waals surface area contributed by atoms with Gasteiger partial charge in [-0.1, -0.05) is 0 Å². The maximum Gasteiger partial charge on any atom is 0.111 e. The summed E-state index contributed by atoms with van der Waals surface area (Å²) in [5, 5.41) is 9.23. The number of aliphatic hydroxyl groups excluding tert-OH is 1. The molecule has 1 N–H and O–H groups in total. The Morgan fingerprint density at radius 3 is 3.11 bits per heavy atom. The number of rotatable bonds is 3. The van der Waals surface area contributed by atoms with Gasteiger partial charge in [-0.15, -0.1) is 0 Å². The van der Waals surface area contributed by atoms with Crippen molar-refractivity contribution < 1.29 is 9.84 Å². The molecule has 0 saturated carbocycles. The van der Waals surface area contributed by atoms with Crippen LogP contribution in [-0.2, 0) is 24.1 Å². The van der Waals surface area contributed by atoms with E-state index in [4.69, 9.17) is 4.74 Å². The van der Waals surface area contributed by atoms with Crippen LogP contribution in [0.3, 0.4) is 0 Å². The molecule has 4 heteroatoms. The number of ether oxygens (including phenoxy) is 1. The molecule has 1 saturated heterocycles. The van der Waals surface area contributed by atoms with Gasteiger partial charge in [-0.05, 0) is 38.0 Å². The second kappa shape index (κ2) is 5.41. The Balaban J connectivity index is 1.68. The Labute approximate surface area is 108 Å². The zero-order valence-corrected chi connectivity index (χ0v) is 10.8. The number of imidazole rings is 1. The zero-order chi connectivity index (χ0) is 12.4. The molecule has 0 radical (unpaired) electrons. The van der Waals surface area contributed by atoms with Gasteiger partial charge in [0.15, 0.2) is 0 Å². The van der Waals surface area contributed by atoms with Crippen LogP contribution in [0, 0.1) is 5.92 Å². The standard InChI is InChI=1S/C14H22N2O2/c17-10-11-4-5-16-12(7-11)9-15-14(16)8-13-3-1-2-6-18-13/h9,11,13,17H,1-8,10H2. The molecule has 0 aromatic carbocycles. The Morgan fingerprint density at radius 2 is 2.33 bits per heavy atom. The van der Waals surface area contributed by atoms with Crippen molar-refractivity contribution in [1.29, 1.82) is 0 Å². The van der Waals surface area contributed by atoms with Crippen molar-refractivity contribution in [3.8, 4) is 0 Å². The number of fused-ring (bicyclic) bond motifs is 1. The van der Waals surface area contributed by atoms with Gasteiger partial charge in [0.05, 0.1) is 6.10 Å². The minimum absolute atomic E-state index is 0.298. The number of nitrogens with zero attached hydrogens (tertiary/aromatic N) is 2. The number of hydrogen-bond donors (Lipinski definition) is 1. The highest BCUT2D eigenvalue weighted by Gasteiger charge is 2.23. The van der Waals surface area contributed by atoms with Crippen LogP contribution in [0.4, 0.5) is 0 Å². The summed E-state index contributed by atoms with van der Waals surface area (Å²) in [4.78, 5) is 4.56. The molecule has 18 heavy (non-hydrogen) atoms. The number of aromatic nitrogens is 2. The van der Waals surface area contributed by atoms with Crippen LogP contribution in [0.1, 0.15) is 37.2 Å². The summed E-state index contributed by atoms with van der Waals surface area (Å²) in [6, 6.07) is 0. The Morgan fingerprint density at radius 1 is 1.39 bits per heavy atom.